The first kappa shape index (κ1) is 14.6. The lowest BCUT2D eigenvalue weighted by molar-refractivity contribution is 0.583. The van der Waals surface area contributed by atoms with Crippen LogP contribution >= 0.6 is 0 Å². The highest BCUT2D eigenvalue weighted by molar-refractivity contribution is 6.15. The molecule has 0 radical (unpaired) electrons. The second-order valence-corrected chi connectivity index (χ2v) is 5.90. The molecule has 0 aliphatic carbocycles. The van der Waals surface area contributed by atoms with Crippen molar-refractivity contribution in [2.45, 2.75) is 13.5 Å². The monoisotopic (exact) mass is 317 g/mol. The summed E-state index contributed by atoms with van der Waals surface area (Å²) in [6, 6.07) is 17.6. The van der Waals surface area contributed by atoms with Gasteiger partial charge in [-0.3, -0.25) is 4.99 Å². The Morgan fingerprint density at radius 2 is 1.88 bits per heavy atom. The summed E-state index contributed by atoms with van der Waals surface area (Å²) < 4.78 is 13.4. The van der Waals surface area contributed by atoms with Crippen LogP contribution in [0, 0.1) is 12.9 Å². The molecule has 0 fully saturated rings. The van der Waals surface area contributed by atoms with Crippen molar-refractivity contribution in [2.75, 3.05) is 5.32 Å². The first-order valence-electron chi connectivity index (χ1n) is 7.82. The van der Waals surface area contributed by atoms with Gasteiger partial charge < -0.3 is 5.32 Å². The fraction of sp³-hybridized carbons (Fsp3) is 0.100. The van der Waals surface area contributed by atoms with Gasteiger partial charge in [0.2, 0.25) is 5.95 Å². The van der Waals surface area contributed by atoms with Crippen LogP contribution in [-0.4, -0.2) is 10.7 Å². The average Bonchev–Trinajstić information content (AvgIpc) is 2.98. The Balaban J connectivity index is 1.68. The zero-order valence-electron chi connectivity index (χ0n) is 13.3. The lowest BCUT2D eigenvalue weighted by atomic mass is 10.00. The number of anilines is 2. The number of hydrogen-bond donors (Lipinski definition) is 1. The summed E-state index contributed by atoms with van der Waals surface area (Å²) in [7, 11) is 0. The molecule has 3 nitrogen and oxygen atoms in total. The first-order chi connectivity index (χ1) is 11.7. The number of benzene rings is 2. The maximum atomic E-state index is 13.4. The second-order valence-electron chi connectivity index (χ2n) is 5.90. The van der Waals surface area contributed by atoms with Gasteiger partial charge >= 0.3 is 0 Å². The molecule has 2 heterocycles. The molecule has 1 aromatic heterocycles. The van der Waals surface area contributed by atoms with Gasteiger partial charge in [0.05, 0.1) is 12.3 Å². The van der Waals surface area contributed by atoms with E-state index < -0.39 is 5.95 Å². The molecule has 24 heavy (non-hydrogen) atoms. The molecule has 0 saturated heterocycles. The third-order valence-electron chi connectivity index (χ3n) is 4.08. The number of aryl methyl sites for hydroxylation is 1. The molecule has 0 bridgehead atoms. The summed E-state index contributed by atoms with van der Waals surface area (Å²) in [6.07, 6.45) is 1.47. The number of aliphatic imine (C=N–C) groups is 1. The standard InChI is InChI=1S/C20H16FN3/c1-13-3-2-4-16(9-13)24-17-6-5-15-12-23-20(18(15)11-17)14-7-8-22-19(21)10-14/h2-11,24H,12H2,1H3. The highest BCUT2D eigenvalue weighted by atomic mass is 19.1. The Hall–Kier alpha value is -3.01. The highest BCUT2D eigenvalue weighted by Gasteiger charge is 2.18. The second kappa shape index (κ2) is 5.89. The van der Waals surface area contributed by atoms with E-state index in [-0.39, 0.29) is 0 Å². The van der Waals surface area contributed by atoms with Crippen LogP contribution in [0.15, 0.2) is 65.8 Å². The van der Waals surface area contributed by atoms with Crippen molar-refractivity contribution in [1.82, 2.24) is 4.98 Å². The third kappa shape index (κ3) is 2.78. The number of rotatable bonds is 3. The fourth-order valence-corrected chi connectivity index (χ4v) is 2.95. The van der Waals surface area contributed by atoms with Gasteiger partial charge in [-0.15, -0.1) is 0 Å². The van der Waals surface area contributed by atoms with Crippen LogP contribution in [0.4, 0.5) is 15.8 Å². The summed E-state index contributed by atoms with van der Waals surface area (Å²) >= 11 is 0. The van der Waals surface area contributed by atoms with Gasteiger partial charge in [0.25, 0.3) is 0 Å². The van der Waals surface area contributed by atoms with Gasteiger partial charge in [0, 0.05) is 34.8 Å². The number of pyridine rings is 1. The largest absolute Gasteiger partial charge is 0.356 e. The van der Waals surface area contributed by atoms with Gasteiger partial charge in [0.15, 0.2) is 0 Å². The maximum Gasteiger partial charge on any atom is 0.213 e. The van der Waals surface area contributed by atoms with E-state index in [1.54, 1.807) is 6.07 Å². The van der Waals surface area contributed by atoms with E-state index in [0.29, 0.717) is 6.54 Å². The molecule has 4 heteroatoms. The van der Waals surface area contributed by atoms with Crippen molar-refractivity contribution in [3.05, 3.63) is 89.0 Å². The number of halogens is 1. The zero-order chi connectivity index (χ0) is 16.5. The van der Waals surface area contributed by atoms with E-state index in [2.05, 4.69) is 46.5 Å². The lowest BCUT2D eigenvalue weighted by Gasteiger charge is -2.10. The lowest BCUT2D eigenvalue weighted by Crippen LogP contribution is -2.03. The van der Waals surface area contributed by atoms with Crippen LogP contribution in [0.2, 0.25) is 0 Å². The molecule has 0 amide bonds. The predicted octanol–water partition coefficient (Wildman–Crippen LogP) is 4.62. The van der Waals surface area contributed by atoms with Gasteiger partial charge in [0.1, 0.15) is 0 Å². The van der Waals surface area contributed by atoms with E-state index >= 15 is 0 Å². The Bertz CT molecular complexity index is 947. The van der Waals surface area contributed by atoms with Crippen LogP contribution in [-0.2, 0) is 6.54 Å². The molecule has 0 atom stereocenters. The van der Waals surface area contributed by atoms with Crippen molar-refractivity contribution in [3.8, 4) is 0 Å². The first-order valence-corrected chi connectivity index (χ1v) is 7.82. The van der Waals surface area contributed by atoms with Crippen molar-refractivity contribution in [2.24, 2.45) is 4.99 Å². The molecule has 1 N–H and O–H groups in total. The number of hydrogen-bond acceptors (Lipinski definition) is 3. The van der Waals surface area contributed by atoms with Crippen LogP contribution in [0.25, 0.3) is 0 Å². The van der Waals surface area contributed by atoms with Crippen LogP contribution in [0.1, 0.15) is 22.3 Å². The molecule has 2 aromatic carbocycles. The molecule has 118 valence electrons. The number of fused-ring (bicyclic) bond motifs is 1. The molecule has 1 aliphatic rings. The van der Waals surface area contributed by atoms with Crippen LogP contribution in [0.5, 0.6) is 0 Å². The Labute approximate surface area is 139 Å². The van der Waals surface area contributed by atoms with E-state index in [0.717, 1.165) is 33.8 Å². The number of nitrogens with zero attached hydrogens (tertiary/aromatic N) is 2. The SMILES string of the molecule is Cc1cccc(Nc2ccc3c(c2)C(c2ccnc(F)c2)=NC3)c1. The summed E-state index contributed by atoms with van der Waals surface area (Å²) in [6.45, 7) is 2.69. The Morgan fingerprint density at radius 1 is 1.00 bits per heavy atom. The molecule has 0 unspecified atom stereocenters. The minimum atomic E-state index is -0.488. The molecule has 4 rings (SSSR count). The Kier molecular flexibility index (Phi) is 3.58. The normalized spacial score (nSPS) is 12.7. The van der Waals surface area contributed by atoms with Crippen LogP contribution in [0.3, 0.4) is 0 Å². The van der Waals surface area contributed by atoms with Crippen molar-refractivity contribution in [3.63, 3.8) is 0 Å². The molecule has 1 aliphatic heterocycles. The summed E-state index contributed by atoms with van der Waals surface area (Å²) in [4.78, 5) is 8.19. The van der Waals surface area contributed by atoms with Gasteiger partial charge in [-0.05, 0) is 48.4 Å². The molecule has 3 aromatic rings. The smallest absolute Gasteiger partial charge is 0.213 e. The summed E-state index contributed by atoms with van der Waals surface area (Å²) in [5.74, 6) is -0.488. The van der Waals surface area contributed by atoms with Gasteiger partial charge in [-0.1, -0.05) is 18.2 Å². The highest BCUT2D eigenvalue weighted by Crippen LogP contribution is 2.27. The minimum Gasteiger partial charge on any atom is -0.356 e. The quantitative estimate of drug-likeness (QED) is 0.715. The van der Waals surface area contributed by atoms with Crippen molar-refractivity contribution in [1.29, 1.82) is 0 Å². The third-order valence-corrected chi connectivity index (χ3v) is 4.08. The molecular formula is C20H16FN3. The average molecular weight is 317 g/mol. The minimum absolute atomic E-state index is 0.488. The zero-order valence-corrected chi connectivity index (χ0v) is 13.3. The molecule has 0 spiro atoms. The van der Waals surface area contributed by atoms with Crippen LogP contribution < -0.4 is 5.32 Å². The van der Waals surface area contributed by atoms with E-state index in [1.807, 2.05) is 18.2 Å². The van der Waals surface area contributed by atoms with Crippen molar-refractivity contribution < 1.29 is 4.39 Å². The maximum absolute atomic E-state index is 13.4. The molecule has 0 saturated carbocycles. The summed E-state index contributed by atoms with van der Waals surface area (Å²) in [5.41, 5.74) is 7.00. The van der Waals surface area contributed by atoms with E-state index in [1.165, 1.54) is 17.8 Å². The predicted molar refractivity (Wildman–Crippen MR) is 94.4 cm³/mol. The fourth-order valence-electron chi connectivity index (χ4n) is 2.95. The van der Waals surface area contributed by atoms with E-state index in [4.69, 9.17) is 0 Å². The van der Waals surface area contributed by atoms with Gasteiger partial charge in [-0.25, -0.2) is 4.98 Å². The Morgan fingerprint density at radius 3 is 2.71 bits per heavy atom. The molecular weight excluding hydrogens is 301 g/mol. The van der Waals surface area contributed by atoms with Gasteiger partial charge in [-0.2, -0.15) is 4.39 Å². The number of aromatic nitrogens is 1. The van der Waals surface area contributed by atoms with E-state index in [9.17, 15) is 4.39 Å². The van der Waals surface area contributed by atoms with Crippen molar-refractivity contribution >= 4 is 17.1 Å². The topological polar surface area (TPSA) is 37.3 Å². The summed E-state index contributed by atoms with van der Waals surface area (Å²) in [5, 5.41) is 3.42. The number of nitrogens with one attached hydrogen (secondary N) is 1.